The molecule has 0 unspecified atom stereocenters. The van der Waals surface area contributed by atoms with Crippen LogP contribution in [0.15, 0.2) is 36.4 Å². The minimum Gasteiger partial charge on any atom is -0.457 e. The minimum atomic E-state index is -0.446. The first-order valence-corrected chi connectivity index (χ1v) is 6.63. The number of hydrogen-bond donors (Lipinski definition) is 0. The number of nitrogens with zero attached hydrogens (tertiary/aromatic N) is 1. The van der Waals surface area contributed by atoms with E-state index in [4.69, 9.17) is 16.3 Å². The van der Waals surface area contributed by atoms with Crippen LogP contribution >= 0.6 is 11.6 Å². The third-order valence-corrected chi connectivity index (χ3v) is 3.24. The van der Waals surface area contributed by atoms with Crippen LogP contribution in [0.25, 0.3) is 0 Å². The highest BCUT2D eigenvalue weighted by Crippen LogP contribution is 2.30. The molecular weight excluding hydrogens is 278 g/mol. The molecule has 20 heavy (non-hydrogen) atoms. The Morgan fingerprint density at radius 2 is 1.95 bits per heavy atom. The zero-order valence-corrected chi connectivity index (χ0v) is 12.0. The molecule has 0 N–H and O–H groups in total. The van der Waals surface area contributed by atoms with Crippen molar-refractivity contribution in [2.75, 3.05) is 0 Å². The Balaban J connectivity index is 2.32. The number of alkyl halides is 1. The fraction of sp³-hybridized carbons (Fsp3) is 0.200. The fourth-order valence-electron chi connectivity index (χ4n) is 1.95. The molecule has 2 rings (SSSR count). The minimum absolute atomic E-state index is 0.00739. The summed E-state index contributed by atoms with van der Waals surface area (Å²) < 4.78 is 5.76. The Bertz CT molecular complexity index is 656. The lowest BCUT2D eigenvalue weighted by molar-refractivity contribution is -0.385. The van der Waals surface area contributed by atoms with Crippen LogP contribution < -0.4 is 4.74 Å². The quantitative estimate of drug-likeness (QED) is 0.464. The summed E-state index contributed by atoms with van der Waals surface area (Å²) in [5, 5.41) is 10.8. The molecule has 2 aromatic carbocycles. The lowest BCUT2D eigenvalue weighted by Gasteiger charge is -2.10. The van der Waals surface area contributed by atoms with Crippen molar-refractivity contribution in [3.8, 4) is 11.5 Å². The van der Waals surface area contributed by atoms with Crippen LogP contribution in [-0.4, -0.2) is 4.92 Å². The van der Waals surface area contributed by atoms with Gasteiger partial charge in [0.05, 0.1) is 10.8 Å². The van der Waals surface area contributed by atoms with E-state index in [1.54, 1.807) is 12.1 Å². The monoisotopic (exact) mass is 291 g/mol. The maximum absolute atomic E-state index is 10.8. The molecule has 2 aromatic rings. The van der Waals surface area contributed by atoms with E-state index in [-0.39, 0.29) is 11.6 Å². The maximum atomic E-state index is 10.8. The predicted octanol–water partition coefficient (Wildman–Crippen LogP) is 4.74. The Hall–Kier alpha value is -2.07. The number of halogens is 1. The molecule has 0 heterocycles. The van der Waals surface area contributed by atoms with Crippen molar-refractivity contribution in [1.29, 1.82) is 0 Å². The first kappa shape index (κ1) is 14.3. The second-order valence-corrected chi connectivity index (χ2v) is 4.82. The van der Waals surface area contributed by atoms with Gasteiger partial charge in [-0.15, -0.1) is 11.6 Å². The van der Waals surface area contributed by atoms with Crippen molar-refractivity contribution < 1.29 is 9.66 Å². The van der Waals surface area contributed by atoms with E-state index in [1.807, 2.05) is 32.0 Å². The van der Waals surface area contributed by atoms with Gasteiger partial charge in [-0.2, -0.15) is 0 Å². The third kappa shape index (κ3) is 3.08. The Kier molecular flexibility index (Phi) is 4.25. The van der Waals surface area contributed by atoms with Crippen LogP contribution in [0.2, 0.25) is 0 Å². The maximum Gasteiger partial charge on any atom is 0.274 e. The summed E-state index contributed by atoms with van der Waals surface area (Å²) >= 11 is 5.74. The van der Waals surface area contributed by atoms with Crippen LogP contribution in [0.4, 0.5) is 5.69 Å². The molecular formula is C15H14ClNO3. The van der Waals surface area contributed by atoms with Gasteiger partial charge in [-0.05, 0) is 37.6 Å². The number of aryl methyl sites for hydroxylation is 2. The van der Waals surface area contributed by atoms with Crippen molar-refractivity contribution in [3.05, 3.63) is 63.2 Å². The smallest absolute Gasteiger partial charge is 0.274 e. The largest absolute Gasteiger partial charge is 0.457 e. The van der Waals surface area contributed by atoms with Gasteiger partial charge >= 0.3 is 0 Å². The second kappa shape index (κ2) is 5.92. The summed E-state index contributed by atoms with van der Waals surface area (Å²) in [5.74, 6) is 1.34. The SMILES string of the molecule is Cc1ccc(Oc2ccc([N+](=O)[O-])c(CCl)c2)c(C)c1. The second-order valence-electron chi connectivity index (χ2n) is 4.55. The molecule has 0 aliphatic rings. The van der Waals surface area contributed by atoms with Crippen molar-refractivity contribution in [2.24, 2.45) is 0 Å². The Morgan fingerprint density at radius 1 is 1.20 bits per heavy atom. The molecule has 0 aliphatic carbocycles. The van der Waals surface area contributed by atoms with Gasteiger partial charge in [0, 0.05) is 11.6 Å². The van der Waals surface area contributed by atoms with E-state index in [9.17, 15) is 10.1 Å². The summed E-state index contributed by atoms with van der Waals surface area (Å²) in [7, 11) is 0. The topological polar surface area (TPSA) is 52.4 Å². The van der Waals surface area contributed by atoms with Crippen molar-refractivity contribution in [2.45, 2.75) is 19.7 Å². The molecule has 0 saturated heterocycles. The van der Waals surface area contributed by atoms with Gasteiger partial charge in [-0.3, -0.25) is 10.1 Å². The zero-order valence-electron chi connectivity index (χ0n) is 11.2. The molecule has 0 aromatic heterocycles. The van der Waals surface area contributed by atoms with Gasteiger partial charge in [0.25, 0.3) is 5.69 Å². The van der Waals surface area contributed by atoms with Crippen LogP contribution in [-0.2, 0) is 5.88 Å². The summed E-state index contributed by atoms with van der Waals surface area (Å²) in [6.45, 7) is 3.96. The fourth-order valence-corrected chi connectivity index (χ4v) is 2.17. The van der Waals surface area contributed by atoms with Crippen molar-refractivity contribution >= 4 is 17.3 Å². The average molecular weight is 292 g/mol. The number of nitro benzene ring substituents is 1. The van der Waals surface area contributed by atoms with Gasteiger partial charge in [0.1, 0.15) is 11.5 Å². The van der Waals surface area contributed by atoms with Crippen LogP contribution in [0, 0.1) is 24.0 Å². The number of hydrogen-bond acceptors (Lipinski definition) is 3. The summed E-state index contributed by atoms with van der Waals surface area (Å²) in [4.78, 5) is 10.4. The van der Waals surface area contributed by atoms with E-state index >= 15 is 0 Å². The zero-order chi connectivity index (χ0) is 14.7. The van der Waals surface area contributed by atoms with Gasteiger partial charge in [-0.1, -0.05) is 17.7 Å². The van der Waals surface area contributed by atoms with Crippen LogP contribution in [0.1, 0.15) is 16.7 Å². The highest BCUT2D eigenvalue weighted by Gasteiger charge is 2.14. The summed E-state index contributed by atoms with van der Waals surface area (Å²) in [6.07, 6.45) is 0. The van der Waals surface area contributed by atoms with E-state index in [1.165, 1.54) is 6.07 Å². The molecule has 0 radical (unpaired) electrons. The average Bonchev–Trinajstić information content (AvgIpc) is 2.41. The molecule has 104 valence electrons. The number of ether oxygens (including phenoxy) is 1. The normalized spacial score (nSPS) is 10.3. The Morgan fingerprint density at radius 3 is 2.55 bits per heavy atom. The van der Waals surface area contributed by atoms with Gasteiger partial charge < -0.3 is 4.74 Å². The van der Waals surface area contributed by atoms with E-state index in [2.05, 4.69) is 0 Å². The van der Waals surface area contributed by atoms with E-state index in [0.717, 1.165) is 16.9 Å². The number of nitro groups is 1. The molecule has 0 bridgehead atoms. The van der Waals surface area contributed by atoms with Gasteiger partial charge in [0.15, 0.2) is 0 Å². The molecule has 0 atom stereocenters. The van der Waals surface area contributed by atoms with Gasteiger partial charge in [-0.25, -0.2) is 0 Å². The molecule has 0 fully saturated rings. The third-order valence-electron chi connectivity index (χ3n) is 2.95. The standard InChI is InChI=1S/C15H14ClNO3/c1-10-3-6-15(11(2)7-10)20-13-4-5-14(17(18)19)12(8-13)9-16/h3-8H,9H2,1-2H3. The van der Waals surface area contributed by atoms with Crippen LogP contribution in [0.3, 0.4) is 0 Å². The van der Waals surface area contributed by atoms with Crippen molar-refractivity contribution in [1.82, 2.24) is 0 Å². The molecule has 0 amide bonds. The molecule has 4 nitrogen and oxygen atoms in total. The molecule has 5 heteroatoms. The van der Waals surface area contributed by atoms with E-state index in [0.29, 0.717) is 11.3 Å². The van der Waals surface area contributed by atoms with Gasteiger partial charge in [0.2, 0.25) is 0 Å². The highest BCUT2D eigenvalue weighted by atomic mass is 35.5. The summed E-state index contributed by atoms with van der Waals surface area (Å²) in [6, 6.07) is 10.4. The molecule has 0 spiro atoms. The lowest BCUT2D eigenvalue weighted by Crippen LogP contribution is -1.95. The lowest BCUT2D eigenvalue weighted by atomic mass is 10.1. The first-order chi connectivity index (χ1) is 9.51. The molecule has 0 saturated carbocycles. The first-order valence-electron chi connectivity index (χ1n) is 6.09. The highest BCUT2D eigenvalue weighted by molar-refractivity contribution is 6.17. The van der Waals surface area contributed by atoms with Crippen molar-refractivity contribution in [3.63, 3.8) is 0 Å². The van der Waals surface area contributed by atoms with E-state index < -0.39 is 4.92 Å². The predicted molar refractivity (Wildman–Crippen MR) is 78.6 cm³/mol. The van der Waals surface area contributed by atoms with Crippen LogP contribution in [0.5, 0.6) is 11.5 Å². The number of benzene rings is 2. The Labute approximate surface area is 122 Å². The number of rotatable bonds is 4. The summed E-state index contributed by atoms with van der Waals surface area (Å²) in [5.41, 5.74) is 2.61. The molecule has 0 aliphatic heterocycles.